The molecule has 0 radical (unpaired) electrons. The highest BCUT2D eigenvalue weighted by Crippen LogP contribution is 2.26. The molecule has 2 aromatic carbocycles. The summed E-state index contributed by atoms with van der Waals surface area (Å²) in [7, 11) is 0. The predicted molar refractivity (Wildman–Crippen MR) is 96.0 cm³/mol. The van der Waals surface area contributed by atoms with Gasteiger partial charge in [-0.15, -0.1) is 11.6 Å². The standard InChI is InChI=1S/C14H8ClFI2N2/c15-7-14-19-12-6-11(18)10(16)5-13(12)20(14)9-3-1-2-8(17)4-9/h1-6H,7H2. The third-order valence-corrected chi connectivity index (χ3v) is 4.69. The molecule has 0 aliphatic heterocycles. The van der Waals surface area contributed by atoms with Gasteiger partial charge in [0.05, 0.1) is 20.5 Å². The van der Waals surface area contributed by atoms with Crippen molar-refractivity contribution in [1.82, 2.24) is 9.55 Å². The molecule has 0 unspecified atom stereocenters. The second kappa shape index (κ2) is 5.76. The van der Waals surface area contributed by atoms with Crippen molar-refractivity contribution in [2.75, 3.05) is 0 Å². The summed E-state index contributed by atoms with van der Waals surface area (Å²) in [6.45, 7) is 0. The molecule has 0 spiro atoms. The highest BCUT2D eigenvalue weighted by molar-refractivity contribution is 14.1. The summed E-state index contributed by atoms with van der Waals surface area (Å²) >= 11 is 10.2. The highest BCUT2D eigenvalue weighted by Gasteiger charge is 2.14. The van der Waals surface area contributed by atoms with E-state index in [9.17, 15) is 4.39 Å². The minimum Gasteiger partial charge on any atom is -0.295 e. The fourth-order valence-corrected chi connectivity index (χ4v) is 3.27. The molecule has 2 nitrogen and oxygen atoms in total. The van der Waals surface area contributed by atoms with E-state index >= 15 is 0 Å². The van der Waals surface area contributed by atoms with Gasteiger partial charge >= 0.3 is 0 Å². The van der Waals surface area contributed by atoms with E-state index in [1.165, 1.54) is 6.07 Å². The Morgan fingerprint density at radius 3 is 2.70 bits per heavy atom. The van der Waals surface area contributed by atoms with Crippen LogP contribution in [0.25, 0.3) is 16.7 Å². The van der Waals surface area contributed by atoms with Crippen LogP contribution in [0.1, 0.15) is 5.82 Å². The molecule has 0 fully saturated rings. The lowest BCUT2D eigenvalue weighted by Gasteiger charge is -2.08. The molecule has 6 heteroatoms. The van der Waals surface area contributed by atoms with E-state index in [0.717, 1.165) is 20.3 Å². The summed E-state index contributed by atoms with van der Waals surface area (Å²) in [5, 5.41) is 0. The molecule has 0 aliphatic rings. The van der Waals surface area contributed by atoms with Gasteiger partial charge in [-0.2, -0.15) is 0 Å². The van der Waals surface area contributed by atoms with Gasteiger partial charge in [-0.05, 0) is 69.4 Å². The minimum atomic E-state index is -0.244. The van der Waals surface area contributed by atoms with Gasteiger partial charge in [0.25, 0.3) is 0 Å². The molecule has 3 aromatic rings. The number of fused-ring (bicyclic) bond motifs is 1. The van der Waals surface area contributed by atoms with Crippen molar-refractivity contribution in [3.8, 4) is 5.69 Å². The summed E-state index contributed by atoms with van der Waals surface area (Å²) in [6, 6.07) is 11.2. The van der Waals surface area contributed by atoms with Crippen molar-refractivity contribution < 1.29 is 4.39 Å². The van der Waals surface area contributed by atoms with Crippen LogP contribution in [-0.2, 0) is 5.88 Å². The van der Waals surface area contributed by atoms with Crippen molar-refractivity contribution in [1.29, 1.82) is 0 Å². The molecule has 0 saturated carbocycles. The summed E-state index contributed by atoms with van der Waals surface area (Å²) < 4.78 is 17.4. The van der Waals surface area contributed by atoms with Crippen molar-refractivity contribution in [3.63, 3.8) is 0 Å². The SMILES string of the molecule is Fc1cc2c(cc1I)nc(CCl)n2-c1cccc(I)c1. The fourth-order valence-electron chi connectivity index (χ4n) is 2.12. The van der Waals surface area contributed by atoms with Crippen LogP contribution in [0.4, 0.5) is 4.39 Å². The van der Waals surface area contributed by atoms with Crippen molar-refractivity contribution >= 4 is 67.8 Å². The van der Waals surface area contributed by atoms with Crippen LogP contribution < -0.4 is 0 Å². The lowest BCUT2D eigenvalue weighted by atomic mass is 10.2. The Morgan fingerprint density at radius 1 is 1.20 bits per heavy atom. The number of hydrogen-bond donors (Lipinski definition) is 0. The van der Waals surface area contributed by atoms with Crippen molar-refractivity contribution in [2.24, 2.45) is 0 Å². The predicted octanol–water partition coefficient (Wildman–Crippen LogP) is 5.11. The Labute approximate surface area is 147 Å². The van der Waals surface area contributed by atoms with Gasteiger partial charge in [0.1, 0.15) is 11.6 Å². The average molecular weight is 512 g/mol. The van der Waals surface area contributed by atoms with Crippen molar-refractivity contribution in [2.45, 2.75) is 5.88 Å². The van der Waals surface area contributed by atoms with E-state index < -0.39 is 0 Å². The number of alkyl halides is 1. The van der Waals surface area contributed by atoms with Crippen molar-refractivity contribution in [3.05, 3.63) is 55.2 Å². The second-order valence-electron chi connectivity index (χ2n) is 4.23. The maximum absolute atomic E-state index is 13.9. The van der Waals surface area contributed by atoms with E-state index in [2.05, 4.69) is 27.6 Å². The molecule has 0 bridgehead atoms. The Morgan fingerprint density at radius 2 is 2.00 bits per heavy atom. The number of benzene rings is 2. The normalized spacial score (nSPS) is 11.2. The zero-order valence-corrected chi connectivity index (χ0v) is 15.1. The lowest BCUT2D eigenvalue weighted by Crippen LogP contribution is -1.99. The molecule has 0 saturated heterocycles. The Kier molecular flexibility index (Phi) is 4.19. The number of aromatic nitrogens is 2. The first-order chi connectivity index (χ1) is 9.60. The Bertz CT molecular complexity index is 801. The first-order valence-corrected chi connectivity index (χ1v) is 8.47. The smallest absolute Gasteiger partial charge is 0.138 e. The van der Waals surface area contributed by atoms with Gasteiger partial charge in [0, 0.05) is 15.3 Å². The minimum absolute atomic E-state index is 0.244. The van der Waals surface area contributed by atoms with Gasteiger partial charge in [-0.1, -0.05) is 6.07 Å². The van der Waals surface area contributed by atoms with Gasteiger partial charge in [0.15, 0.2) is 0 Å². The lowest BCUT2D eigenvalue weighted by molar-refractivity contribution is 0.622. The second-order valence-corrected chi connectivity index (χ2v) is 6.91. The third-order valence-electron chi connectivity index (χ3n) is 2.95. The van der Waals surface area contributed by atoms with Crippen LogP contribution in [0.3, 0.4) is 0 Å². The van der Waals surface area contributed by atoms with E-state index in [4.69, 9.17) is 11.6 Å². The van der Waals surface area contributed by atoms with Gasteiger partial charge in [-0.25, -0.2) is 9.37 Å². The first kappa shape index (κ1) is 14.5. The van der Waals surface area contributed by atoms with Crippen LogP contribution in [0, 0.1) is 13.0 Å². The molecular weight excluding hydrogens is 504 g/mol. The zero-order chi connectivity index (χ0) is 14.3. The first-order valence-electron chi connectivity index (χ1n) is 5.78. The maximum atomic E-state index is 13.9. The topological polar surface area (TPSA) is 17.8 Å². The molecule has 0 amide bonds. The number of rotatable bonds is 2. The van der Waals surface area contributed by atoms with Crippen LogP contribution >= 0.6 is 56.8 Å². The van der Waals surface area contributed by atoms with Gasteiger partial charge in [0.2, 0.25) is 0 Å². The Balaban J connectivity index is 2.35. The molecule has 0 N–H and O–H groups in total. The number of nitrogens with zero attached hydrogens (tertiary/aromatic N) is 2. The summed E-state index contributed by atoms with van der Waals surface area (Å²) in [4.78, 5) is 4.50. The zero-order valence-electron chi connectivity index (χ0n) is 10.1. The van der Waals surface area contributed by atoms with Gasteiger partial charge in [-0.3, -0.25) is 4.57 Å². The fraction of sp³-hybridized carbons (Fsp3) is 0.0714. The summed E-state index contributed by atoms with van der Waals surface area (Å²) in [6.07, 6.45) is 0. The number of imidazole rings is 1. The quantitative estimate of drug-likeness (QED) is 0.345. The maximum Gasteiger partial charge on any atom is 0.138 e. The molecule has 0 atom stereocenters. The van der Waals surface area contributed by atoms with Gasteiger partial charge < -0.3 is 0 Å². The molecule has 20 heavy (non-hydrogen) atoms. The third kappa shape index (κ3) is 2.55. The summed E-state index contributed by atoms with van der Waals surface area (Å²) in [5.41, 5.74) is 2.43. The monoisotopic (exact) mass is 512 g/mol. The number of hydrogen-bond acceptors (Lipinski definition) is 1. The average Bonchev–Trinajstić information content (AvgIpc) is 2.77. The van der Waals surface area contributed by atoms with Crippen LogP contribution in [-0.4, -0.2) is 9.55 Å². The molecule has 1 aromatic heterocycles. The highest BCUT2D eigenvalue weighted by atomic mass is 127. The largest absolute Gasteiger partial charge is 0.295 e. The molecule has 0 aliphatic carbocycles. The molecular formula is C14H8ClFI2N2. The van der Waals surface area contributed by atoms with Crippen LogP contribution in [0.15, 0.2) is 36.4 Å². The summed E-state index contributed by atoms with van der Waals surface area (Å²) in [5.74, 6) is 0.745. The molecule has 3 rings (SSSR count). The number of halogens is 4. The Hall–Kier alpha value is -0.410. The molecule has 102 valence electrons. The van der Waals surface area contributed by atoms with E-state index in [1.807, 2.05) is 51.4 Å². The van der Waals surface area contributed by atoms with E-state index in [1.54, 1.807) is 6.07 Å². The van der Waals surface area contributed by atoms with Crippen LogP contribution in [0.5, 0.6) is 0 Å². The van der Waals surface area contributed by atoms with E-state index in [0.29, 0.717) is 9.39 Å². The van der Waals surface area contributed by atoms with E-state index in [-0.39, 0.29) is 11.7 Å². The molecule has 1 heterocycles. The van der Waals surface area contributed by atoms with Crippen LogP contribution in [0.2, 0.25) is 0 Å².